The second kappa shape index (κ2) is 5.84. The highest BCUT2D eigenvalue weighted by Gasteiger charge is 2.19. The van der Waals surface area contributed by atoms with Crippen molar-refractivity contribution in [3.63, 3.8) is 0 Å². The van der Waals surface area contributed by atoms with Crippen molar-refractivity contribution < 1.29 is 14.5 Å². The molecule has 0 bridgehead atoms. The maximum atomic E-state index is 11.6. The molecule has 1 aromatic heterocycles. The van der Waals surface area contributed by atoms with Gasteiger partial charge in [-0.2, -0.15) is 0 Å². The van der Waals surface area contributed by atoms with Crippen LogP contribution in [0, 0.1) is 10.1 Å². The first-order chi connectivity index (χ1) is 10.3. The van der Waals surface area contributed by atoms with Gasteiger partial charge in [-0.3, -0.25) is 15.5 Å². The van der Waals surface area contributed by atoms with E-state index in [1.165, 1.54) is 6.07 Å². The van der Waals surface area contributed by atoms with Crippen LogP contribution >= 0.6 is 0 Å². The molecule has 0 radical (unpaired) electrons. The average Bonchev–Trinajstić information content (AvgIpc) is 2.42. The van der Waals surface area contributed by atoms with Crippen molar-refractivity contribution in [2.24, 2.45) is 0 Å². The number of hydrogen-bond donors (Lipinski definition) is 2. The summed E-state index contributed by atoms with van der Waals surface area (Å²) in [5.74, 6) is -0.0606. The van der Waals surface area contributed by atoms with E-state index >= 15 is 0 Å². The molecular formula is C14H16N4O4. The summed E-state index contributed by atoms with van der Waals surface area (Å²) in [6.07, 6.45) is -0.753. The normalized spacial score (nSPS) is 11.0. The molecular weight excluding hydrogens is 288 g/mol. The van der Waals surface area contributed by atoms with Crippen molar-refractivity contribution >= 4 is 28.5 Å². The van der Waals surface area contributed by atoms with Gasteiger partial charge in [0, 0.05) is 11.5 Å². The number of benzene rings is 1. The molecule has 0 aliphatic rings. The number of nitrogens with zero attached hydrogens (tertiary/aromatic N) is 2. The van der Waals surface area contributed by atoms with Gasteiger partial charge in [0.15, 0.2) is 0 Å². The number of hydrazine groups is 1. The maximum absolute atomic E-state index is 11.6. The number of carbonyl (C=O) groups is 1. The zero-order valence-corrected chi connectivity index (χ0v) is 12.4. The van der Waals surface area contributed by atoms with Gasteiger partial charge < -0.3 is 4.74 Å². The number of carbonyl (C=O) groups excluding carboxylic acids is 1. The molecule has 0 spiro atoms. The van der Waals surface area contributed by atoms with Crippen molar-refractivity contribution in [2.45, 2.75) is 26.4 Å². The number of pyridine rings is 1. The van der Waals surface area contributed by atoms with E-state index in [1.54, 1.807) is 45.0 Å². The summed E-state index contributed by atoms with van der Waals surface area (Å²) in [5.41, 5.74) is 4.33. The lowest BCUT2D eigenvalue weighted by molar-refractivity contribution is -0.384. The first-order valence-electron chi connectivity index (χ1n) is 6.55. The predicted molar refractivity (Wildman–Crippen MR) is 81.4 cm³/mol. The fourth-order valence-corrected chi connectivity index (χ4v) is 1.75. The number of fused-ring (bicyclic) bond motifs is 1. The molecule has 0 aliphatic heterocycles. The fraction of sp³-hybridized carbons (Fsp3) is 0.286. The van der Waals surface area contributed by atoms with E-state index in [9.17, 15) is 14.9 Å². The van der Waals surface area contributed by atoms with Crippen LogP contribution in [0.2, 0.25) is 0 Å². The van der Waals surface area contributed by atoms with Crippen LogP contribution in [0.15, 0.2) is 30.3 Å². The molecule has 0 unspecified atom stereocenters. The minimum absolute atomic E-state index is 0.0606. The zero-order valence-electron chi connectivity index (χ0n) is 12.4. The van der Waals surface area contributed by atoms with Crippen LogP contribution in [0.25, 0.3) is 10.9 Å². The lowest BCUT2D eigenvalue weighted by atomic mass is 10.2. The molecule has 8 heteroatoms. The number of hydrogen-bond acceptors (Lipinski definition) is 6. The SMILES string of the molecule is CC(C)(C)OC(=O)NNc1nc2ccccc2cc1[N+](=O)[O-]. The summed E-state index contributed by atoms with van der Waals surface area (Å²) >= 11 is 0. The second-order valence-electron chi connectivity index (χ2n) is 5.56. The van der Waals surface area contributed by atoms with Gasteiger partial charge >= 0.3 is 11.8 Å². The van der Waals surface area contributed by atoms with Gasteiger partial charge in [0.25, 0.3) is 0 Å². The van der Waals surface area contributed by atoms with Gasteiger partial charge in [-0.15, -0.1) is 0 Å². The number of nitrogens with one attached hydrogen (secondary N) is 2. The summed E-state index contributed by atoms with van der Waals surface area (Å²) < 4.78 is 5.04. The summed E-state index contributed by atoms with van der Waals surface area (Å²) in [6.45, 7) is 5.13. The van der Waals surface area contributed by atoms with E-state index in [0.29, 0.717) is 10.9 Å². The lowest BCUT2D eigenvalue weighted by Gasteiger charge is -2.19. The standard InChI is InChI=1S/C14H16N4O4/c1-14(2,3)22-13(19)17-16-12-11(18(20)21)8-9-6-4-5-7-10(9)15-12/h4-8H,1-3H3,(H,15,16)(H,17,19). The van der Waals surface area contributed by atoms with Crippen LogP contribution < -0.4 is 10.9 Å². The monoisotopic (exact) mass is 304 g/mol. The molecule has 0 saturated heterocycles. The molecule has 1 heterocycles. The highest BCUT2D eigenvalue weighted by molar-refractivity contribution is 5.84. The predicted octanol–water partition coefficient (Wildman–Crippen LogP) is 2.99. The topological polar surface area (TPSA) is 106 Å². The smallest absolute Gasteiger partial charge is 0.426 e. The Hall–Kier alpha value is -2.90. The van der Waals surface area contributed by atoms with Gasteiger partial charge in [0.2, 0.25) is 5.82 Å². The molecule has 1 aromatic carbocycles. The Kier molecular flexibility index (Phi) is 4.11. The molecule has 0 atom stereocenters. The van der Waals surface area contributed by atoms with Crippen molar-refractivity contribution in [1.29, 1.82) is 0 Å². The number of anilines is 1. The van der Waals surface area contributed by atoms with E-state index in [4.69, 9.17) is 4.74 Å². The summed E-state index contributed by atoms with van der Waals surface area (Å²) in [5, 5.41) is 11.8. The summed E-state index contributed by atoms with van der Waals surface area (Å²) in [6, 6.07) is 8.37. The van der Waals surface area contributed by atoms with Gasteiger partial charge in [0.05, 0.1) is 10.4 Å². The molecule has 116 valence electrons. The Morgan fingerprint density at radius 3 is 2.64 bits per heavy atom. The molecule has 2 N–H and O–H groups in total. The van der Waals surface area contributed by atoms with Crippen LogP contribution in [0.5, 0.6) is 0 Å². The van der Waals surface area contributed by atoms with Crippen LogP contribution in [0.1, 0.15) is 20.8 Å². The zero-order chi connectivity index (χ0) is 16.3. The van der Waals surface area contributed by atoms with Gasteiger partial charge in [-0.25, -0.2) is 15.2 Å². The second-order valence-corrected chi connectivity index (χ2v) is 5.56. The van der Waals surface area contributed by atoms with Gasteiger partial charge in [0.1, 0.15) is 5.60 Å². The average molecular weight is 304 g/mol. The molecule has 1 amide bonds. The first-order valence-corrected chi connectivity index (χ1v) is 6.55. The lowest BCUT2D eigenvalue weighted by Crippen LogP contribution is -2.36. The third kappa shape index (κ3) is 3.81. The number of nitro groups is 1. The molecule has 0 saturated carbocycles. The first kappa shape index (κ1) is 15.5. The van der Waals surface area contributed by atoms with E-state index in [-0.39, 0.29) is 11.5 Å². The van der Waals surface area contributed by atoms with Crippen LogP contribution in [-0.2, 0) is 4.74 Å². The molecule has 0 aliphatic carbocycles. The minimum atomic E-state index is -0.753. The Labute approximate surface area is 126 Å². The number of para-hydroxylation sites is 1. The molecule has 22 heavy (non-hydrogen) atoms. The quantitative estimate of drug-likeness (QED) is 0.667. The number of rotatable bonds is 3. The van der Waals surface area contributed by atoms with E-state index in [1.807, 2.05) is 0 Å². The third-order valence-corrected chi connectivity index (χ3v) is 2.58. The summed E-state index contributed by atoms with van der Waals surface area (Å²) in [7, 11) is 0. The Morgan fingerprint density at radius 2 is 2.00 bits per heavy atom. The Bertz CT molecular complexity index is 724. The van der Waals surface area contributed by atoms with Crippen molar-refractivity contribution in [3.05, 3.63) is 40.4 Å². The van der Waals surface area contributed by atoms with E-state index in [0.717, 1.165) is 0 Å². The molecule has 0 fully saturated rings. The minimum Gasteiger partial charge on any atom is -0.443 e. The van der Waals surface area contributed by atoms with E-state index in [2.05, 4.69) is 15.8 Å². The Balaban J connectivity index is 2.24. The summed E-state index contributed by atoms with van der Waals surface area (Å²) in [4.78, 5) is 26.3. The van der Waals surface area contributed by atoms with Crippen LogP contribution in [0.3, 0.4) is 0 Å². The number of amides is 1. The Morgan fingerprint density at radius 1 is 1.32 bits per heavy atom. The largest absolute Gasteiger partial charge is 0.443 e. The van der Waals surface area contributed by atoms with E-state index < -0.39 is 16.6 Å². The van der Waals surface area contributed by atoms with Crippen molar-refractivity contribution in [1.82, 2.24) is 10.4 Å². The number of aromatic nitrogens is 1. The fourth-order valence-electron chi connectivity index (χ4n) is 1.75. The highest BCUT2D eigenvalue weighted by atomic mass is 16.6. The van der Waals surface area contributed by atoms with Gasteiger partial charge in [-0.1, -0.05) is 18.2 Å². The number of ether oxygens (including phenoxy) is 1. The highest BCUT2D eigenvalue weighted by Crippen LogP contribution is 2.26. The van der Waals surface area contributed by atoms with Crippen molar-refractivity contribution in [3.8, 4) is 0 Å². The van der Waals surface area contributed by atoms with Crippen molar-refractivity contribution in [2.75, 3.05) is 5.43 Å². The maximum Gasteiger partial charge on any atom is 0.426 e. The molecule has 2 rings (SSSR count). The van der Waals surface area contributed by atoms with Gasteiger partial charge in [-0.05, 0) is 26.8 Å². The molecule has 2 aromatic rings. The van der Waals surface area contributed by atoms with Crippen LogP contribution in [-0.4, -0.2) is 21.6 Å². The van der Waals surface area contributed by atoms with Crippen LogP contribution in [0.4, 0.5) is 16.3 Å². The molecule has 8 nitrogen and oxygen atoms in total. The third-order valence-electron chi connectivity index (χ3n) is 2.58.